The Balaban J connectivity index is 1.53. The van der Waals surface area contributed by atoms with E-state index in [0.29, 0.717) is 0 Å². The summed E-state index contributed by atoms with van der Waals surface area (Å²) in [4.78, 5) is 15.3. The number of hydrogen-bond acceptors (Lipinski definition) is 5. The summed E-state index contributed by atoms with van der Waals surface area (Å²) in [6.07, 6.45) is 0. The van der Waals surface area contributed by atoms with E-state index in [1.54, 1.807) is 0 Å². The molecule has 0 saturated carbocycles. The van der Waals surface area contributed by atoms with Gasteiger partial charge < -0.3 is 24.4 Å². The van der Waals surface area contributed by atoms with Crippen LogP contribution in [0.25, 0.3) is 33.9 Å². The van der Waals surface area contributed by atoms with Gasteiger partial charge in [0.25, 0.3) is 0 Å². The second-order valence-electron chi connectivity index (χ2n) is 9.34. The van der Waals surface area contributed by atoms with Crippen LogP contribution in [0.3, 0.4) is 0 Å². The van der Waals surface area contributed by atoms with Gasteiger partial charge in [-0.25, -0.2) is 4.98 Å². The van der Waals surface area contributed by atoms with Gasteiger partial charge in [0, 0.05) is 75.0 Å². The third kappa shape index (κ3) is 4.88. The Bertz CT molecular complexity index is 1180. The summed E-state index contributed by atoms with van der Waals surface area (Å²) < 4.78 is 5.49. The van der Waals surface area contributed by atoms with Crippen molar-refractivity contribution in [3.63, 3.8) is 0 Å². The van der Waals surface area contributed by atoms with Crippen LogP contribution in [0.1, 0.15) is 0 Å². The molecule has 0 amide bonds. The van der Waals surface area contributed by atoms with Crippen LogP contribution in [-0.4, -0.2) is 64.5 Å². The molecule has 1 N–H and O–H groups in total. The predicted molar refractivity (Wildman–Crippen MR) is 147 cm³/mol. The van der Waals surface area contributed by atoms with E-state index in [0.717, 1.165) is 60.2 Å². The molecule has 2 heterocycles. The summed E-state index contributed by atoms with van der Waals surface area (Å²) in [5.74, 6) is 0.872. The van der Waals surface area contributed by atoms with Crippen molar-refractivity contribution in [3.05, 3.63) is 72.8 Å². The van der Waals surface area contributed by atoms with E-state index in [4.69, 9.17) is 9.72 Å². The minimum absolute atomic E-state index is 0.784. The Labute approximate surface area is 207 Å². The third-order valence-corrected chi connectivity index (χ3v) is 6.55. The molecule has 1 saturated heterocycles. The van der Waals surface area contributed by atoms with E-state index >= 15 is 0 Å². The number of imidazole rings is 1. The number of aromatic amines is 1. The highest BCUT2D eigenvalue weighted by Crippen LogP contribution is 2.35. The van der Waals surface area contributed by atoms with E-state index in [1.165, 1.54) is 17.1 Å². The Kier molecular flexibility index (Phi) is 6.47. The maximum atomic E-state index is 5.49. The average molecular weight is 468 g/mol. The molecule has 0 unspecified atom stereocenters. The molecule has 180 valence electrons. The molecule has 4 aromatic rings. The van der Waals surface area contributed by atoms with Gasteiger partial charge in [0.05, 0.1) is 24.6 Å². The third-order valence-electron chi connectivity index (χ3n) is 6.55. The van der Waals surface area contributed by atoms with E-state index in [9.17, 15) is 0 Å². The van der Waals surface area contributed by atoms with Gasteiger partial charge in [-0.05, 0) is 48.5 Å². The fourth-order valence-electron chi connectivity index (χ4n) is 4.42. The highest BCUT2D eigenvalue weighted by Gasteiger charge is 2.17. The van der Waals surface area contributed by atoms with Crippen molar-refractivity contribution < 1.29 is 4.74 Å². The molecule has 6 nitrogen and oxygen atoms in total. The highest BCUT2D eigenvalue weighted by atomic mass is 16.5. The van der Waals surface area contributed by atoms with Crippen LogP contribution >= 0.6 is 0 Å². The van der Waals surface area contributed by atoms with Crippen molar-refractivity contribution >= 4 is 17.1 Å². The smallest absolute Gasteiger partial charge is 0.138 e. The second kappa shape index (κ2) is 9.84. The summed E-state index contributed by atoms with van der Waals surface area (Å²) in [5.41, 5.74) is 8.83. The fourth-order valence-corrected chi connectivity index (χ4v) is 4.42. The quantitative estimate of drug-likeness (QED) is 0.413. The van der Waals surface area contributed by atoms with Crippen molar-refractivity contribution in [1.82, 2.24) is 9.97 Å². The molecule has 0 atom stereocenters. The maximum absolute atomic E-state index is 5.49. The van der Waals surface area contributed by atoms with E-state index in [2.05, 4.69) is 121 Å². The summed E-state index contributed by atoms with van der Waals surface area (Å²) in [5, 5.41) is 0. The molecular weight excluding hydrogens is 434 g/mol. The normalized spacial score (nSPS) is 13.7. The van der Waals surface area contributed by atoms with Crippen LogP contribution in [-0.2, 0) is 4.74 Å². The zero-order valence-electron chi connectivity index (χ0n) is 21.0. The van der Waals surface area contributed by atoms with Gasteiger partial charge in [0.2, 0.25) is 0 Å². The number of rotatable bonds is 6. The van der Waals surface area contributed by atoms with Crippen molar-refractivity contribution in [2.45, 2.75) is 0 Å². The highest BCUT2D eigenvalue weighted by molar-refractivity contribution is 5.82. The molecular formula is C29H33N5O. The first-order valence-corrected chi connectivity index (χ1v) is 12.1. The maximum Gasteiger partial charge on any atom is 0.138 e. The first-order chi connectivity index (χ1) is 17.0. The first-order valence-electron chi connectivity index (χ1n) is 12.1. The number of aromatic nitrogens is 2. The van der Waals surface area contributed by atoms with Crippen molar-refractivity contribution in [2.24, 2.45) is 0 Å². The van der Waals surface area contributed by atoms with Gasteiger partial charge in [-0.1, -0.05) is 24.3 Å². The van der Waals surface area contributed by atoms with Gasteiger partial charge in [-0.3, -0.25) is 0 Å². The number of H-pyrrole nitrogens is 1. The van der Waals surface area contributed by atoms with Crippen LogP contribution < -0.4 is 14.7 Å². The lowest BCUT2D eigenvalue weighted by Crippen LogP contribution is -2.36. The van der Waals surface area contributed by atoms with Crippen LogP contribution in [0, 0.1) is 0 Å². The number of anilines is 3. The Morgan fingerprint density at radius 1 is 0.686 bits per heavy atom. The van der Waals surface area contributed by atoms with Crippen LogP contribution in [0.2, 0.25) is 0 Å². The molecule has 0 aliphatic carbocycles. The largest absolute Gasteiger partial charge is 0.378 e. The molecule has 0 spiro atoms. The second-order valence-corrected chi connectivity index (χ2v) is 9.34. The summed E-state index contributed by atoms with van der Waals surface area (Å²) in [6, 6.07) is 25.8. The number of morpholine rings is 1. The molecule has 35 heavy (non-hydrogen) atoms. The van der Waals surface area contributed by atoms with Crippen LogP contribution in [0.4, 0.5) is 17.1 Å². The zero-order valence-corrected chi connectivity index (χ0v) is 21.0. The number of nitrogens with zero attached hydrogens (tertiary/aromatic N) is 4. The Hall–Kier alpha value is -3.77. The van der Waals surface area contributed by atoms with Gasteiger partial charge in [-0.15, -0.1) is 0 Å². The SMILES string of the molecule is CN(C)c1ccc(-c2nc(-c3ccc(N4CCOCC4)cc3)[nH]c2-c2ccc(N(C)C)cc2)cc1. The molecule has 6 heteroatoms. The number of ether oxygens (including phenoxy) is 1. The average Bonchev–Trinajstić information content (AvgIpc) is 3.35. The number of benzene rings is 3. The van der Waals surface area contributed by atoms with Crippen molar-refractivity contribution in [1.29, 1.82) is 0 Å². The lowest BCUT2D eigenvalue weighted by Gasteiger charge is -2.28. The molecule has 3 aromatic carbocycles. The van der Waals surface area contributed by atoms with Gasteiger partial charge in [0.15, 0.2) is 0 Å². The van der Waals surface area contributed by atoms with Crippen molar-refractivity contribution in [2.75, 3.05) is 69.2 Å². The Morgan fingerprint density at radius 2 is 1.20 bits per heavy atom. The van der Waals surface area contributed by atoms with Gasteiger partial charge >= 0.3 is 0 Å². The number of hydrogen-bond donors (Lipinski definition) is 1. The summed E-state index contributed by atoms with van der Waals surface area (Å²) in [7, 11) is 8.23. The monoisotopic (exact) mass is 467 g/mol. The summed E-state index contributed by atoms with van der Waals surface area (Å²) in [6.45, 7) is 3.43. The standard InChI is InChI=1S/C29H33N5O/c1-32(2)24-11-5-21(6-12-24)27-28(22-7-13-25(14-8-22)33(3)4)31-29(30-27)23-9-15-26(16-10-23)34-17-19-35-20-18-34/h5-16H,17-20H2,1-4H3,(H,30,31). The molecule has 0 radical (unpaired) electrons. The van der Waals surface area contributed by atoms with E-state index < -0.39 is 0 Å². The van der Waals surface area contributed by atoms with Gasteiger partial charge in [-0.2, -0.15) is 0 Å². The molecule has 1 aliphatic heterocycles. The minimum atomic E-state index is 0.784. The van der Waals surface area contributed by atoms with E-state index in [-0.39, 0.29) is 0 Å². The minimum Gasteiger partial charge on any atom is -0.378 e. The molecule has 1 fully saturated rings. The summed E-state index contributed by atoms with van der Waals surface area (Å²) >= 11 is 0. The predicted octanol–water partition coefficient (Wildman–Crippen LogP) is 5.38. The van der Waals surface area contributed by atoms with Crippen molar-refractivity contribution in [3.8, 4) is 33.9 Å². The molecule has 1 aliphatic rings. The van der Waals surface area contributed by atoms with E-state index in [1.807, 2.05) is 0 Å². The number of nitrogens with one attached hydrogen (secondary N) is 1. The lowest BCUT2D eigenvalue weighted by atomic mass is 10.0. The Morgan fingerprint density at radius 3 is 1.74 bits per heavy atom. The molecule has 5 rings (SSSR count). The van der Waals surface area contributed by atoms with Crippen LogP contribution in [0.5, 0.6) is 0 Å². The zero-order chi connectivity index (χ0) is 24.4. The molecule has 0 bridgehead atoms. The first kappa shape index (κ1) is 23.0. The fraction of sp³-hybridized carbons (Fsp3) is 0.276. The van der Waals surface area contributed by atoms with Crippen LogP contribution in [0.15, 0.2) is 72.8 Å². The lowest BCUT2D eigenvalue weighted by molar-refractivity contribution is 0.122. The van der Waals surface area contributed by atoms with Gasteiger partial charge in [0.1, 0.15) is 5.82 Å². The topological polar surface area (TPSA) is 47.6 Å². The molecule has 1 aromatic heterocycles.